The molecule has 0 saturated heterocycles. The zero-order valence-corrected chi connectivity index (χ0v) is 15.8. The van der Waals surface area contributed by atoms with Gasteiger partial charge in [-0.1, -0.05) is 37.1 Å². The van der Waals surface area contributed by atoms with E-state index in [1.54, 1.807) is 12.2 Å². The predicted molar refractivity (Wildman–Crippen MR) is 98.2 cm³/mol. The number of carbonyl (C=O) groups is 2. The minimum Gasteiger partial charge on any atom is -0.388 e. The van der Waals surface area contributed by atoms with Crippen LogP contribution in [0.3, 0.4) is 0 Å². The normalized spacial score (nSPS) is 46.8. The van der Waals surface area contributed by atoms with E-state index in [-0.39, 0.29) is 23.0 Å². The first-order chi connectivity index (χ1) is 12.2. The number of Topliss-reactive ketones (excluding diaryl/α,β-unsaturated/α-hetero) is 1. The molecule has 0 bridgehead atoms. The highest BCUT2D eigenvalue weighted by Gasteiger charge is 2.66. The molecule has 0 spiro atoms. The average molecular weight is 356 g/mol. The molecule has 0 aromatic heterocycles. The van der Waals surface area contributed by atoms with Crippen LogP contribution in [0.1, 0.15) is 46.5 Å². The van der Waals surface area contributed by atoms with Gasteiger partial charge in [0.05, 0.1) is 0 Å². The fourth-order valence-electron chi connectivity index (χ4n) is 6.58. The molecule has 2 fully saturated rings. The van der Waals surface area contributed by atoms with Crippen LogP contribution >= 0.6 is 0 Å². The summed E-state index contributed by atoms with van der Waals surface area (Å²) in [6, 6.07) is 0. The second kappa shape index (κ2) is 5.49. The van der Waals surface area contributed by atoms with Gasteiger partial charge in [0.2, 0.25) is 0 Å². The summed E-state index contributed by atoms with van der Waals surface area (Å²) in [5, 5.41) is 20.9. The van der Waals surface area contributed by atoms with Crippen LogP contribution in [0, 0.1) is 28.6 Å². The summed E-state index contributed by atoms with van der Waals surface area (Å²) in [5.74, 6) is -0.0376. The van der Waals surface area contributed by atoms with Crippen molar-refractivity contribution in [3.05, 3.63) is 35.5 Å². The summed E-state index contributed by atoms with van der Waals surface area (Å²) in [6.07, 6.45) is 10.9. The van der Waals surface area contributed by atoms with Gasteiger partial charge in [0.25, 0.3) is 0 Å². The van der Waals surface area contributed by atoms with Crippen molar-refractivity contribution in [2.75, 3.05) is 6.61 Å². The predicted octanol–water partition coefficient (Wildman–Crippen LogP) is 2.75. The Morgan fingerprint density at radius 3 is 2.77 bits per heavy atom. The molecule has 0 aromatic carbocycles. The Bertz CT molecular complexity index is 775. The maximum atomic E-state index is 12.5. The van der Waals surface area contributed by atoms with Gasteiger partial charge in [-0.15, -0.1) is 0 Å². The van der Waals surface area contributed by atoms with Gasteiger partial charge in [-0.2, -0.15) is 0 Å². The van der Waals surface area contributed by atoms with Crippen LogP contribution in [0.2, 0.25) is 0 Å². The molecule has 6 atom stereocenters. The minimum absolute atomic E-state index is 0.0644. The van der Waals surface area contributed by atoms with E-state index in [0.29, 0.717) is 12.3 Å². The lowest BCUT2D eigenvalue weighted by atomic mass is 9.51. The third-order valence-electron chi connectivity index (χ3n) is 8.10. The molecule has 0 aliphatic heterocycles. The van der Waals surface area contributed by atoms with Gasteiger partial charge in [-0.25, -0.2) is 0 Å². The standard InChI is InChI=1S/C22H28O4/c1-13-10-18-16-5-4-14-11-15(24)6-8-20(14,2)17(16)7-9-21(18,3)22(13,26)19(25)12-23/h6-8,11,13,16,18,23,26H,4-5,9-10,12H2,1-3H3/t13-,16?,18?,20+,21?,22+/m1/s1. The summed E-state index contributed by atoms with van der Waals surface area (Å²) in [6.45, 7) is 5.54. The molecule has 26 heavy (non-hydrogen) atoms. The summed E-state index contributed by atoms with van der Waals surface area (Å²) in [4.78, 5) is 24.3. The number of hydrogen-bond acceptors (Lipinski definition) is 4. The van der Waals surface area contributed by atoms with Crippen LogP contribution in [-0.2, 0) is 9.59 Å². The van der Waals surface area contributed by atoms with Gasteiger partial charge in [-0.05, 0) is 62.5 Å². The molecule has 3 unspecified atom stereocenters. The molecular formula is C22H28O4. The van der Waals surface area contributed by atoms with Crippen molar-refractivity contribution in [1.82, 2.24) is 0 Å². The first-order valence-corrected chi connectivity index (χ1v) is 9.70. The zero-order valence-electron chi connectivity index (χ0n) is 15.8. The quantitative estimate of drug-likeness (QED) is 0.746. The van der Waals surface area contributed by atoms with Crippen molar-refractivity contribution in [2.24, 2.45) is 28.6 Å². The van der Waals surface area contributed by atoms with E-state index in [1.165, 1.54) is 11.1 Å². The number of aliphatic hydroxyl groups excluding tert-OH is 1. The molecule has 4 heteroatoms. The monoisotopic (exact) mass is 356 g/mol. The Kier molecular flexibility index (Phi) is 3.78. The van der Waals surface area contributed by atoms with Crippen LogP contribution in [0.5, 0.6) is 0 Å². The second-order valence-electron chi connectivity index (χ2n) is 9.12. The fraction of sp³-hybridized carbons (Fsp3) is 0.636. The van der Waals surface area contributed by atoms with E-state index in [2.05, 4.69) is 13.0 Å². The molecule has 0 amide bonds. The molecule has 0 aromatic rings. The van der Waals surface area contributed by atoms with Crippen molar-refractivity contribution in [1.29, 1.82) is 0 Å². The van der Waals surface area contributed by atoms with E-state index < -0.39 is 23.4 Å². The maximum absolute atomic E-state index is 12.5. The Morgan fingerprint density at radius 1 is 1.35 bits per heavy atom. The van der Waals surface area contributed by atoms with Crippen LogP contribution < -0.4 is 0 Å². The smallest absolute Gasteiger partial charge is 0.190 e. The first-order valence-electron chi connectivity index (χ1n) is 9.70. The Morgan fingerprint density at radius 2 is 2.08 bits per heavy atom. The van der Waals surface area contributed by atoms with E-state index in [1.807, 2.05) is 19.9 Å². The number of allylic oxidation sites excluding steroid dienone is 6. The number of hydrogen-bond donors (Lipinski definition) is 2. The number of fused-ring (bicyclic) bond motifs is 5. The van der Waals surface area contributed by atoms with Crippen molar-refractivity contribution in [2.45, 2.75) is 52.1 Å². The molecule has 0 heterocycles. The lowest BCUT2D eigenvalue weighted by Crippen LogP contribution is -2.57. The fourth-order valence-corrected chi connectivity index (χ4v) is 6.58. The Balaban J connectivity index is 1.79. The van der Waals surface area contributed by atoms with Gasteiger partial charge in [0.1, 0.15) is 12.2 Å². The molecule has 0 radical (unpaired) electrons. The van der Waals surface area contributed by atoms with Crippen molar-refractivity contribution < 1.29 is 19.8 Å². The zero-order chi connectivity index (χ0) is 18.9. The lowest BCUT2D eigenvalue weighted by molar-refractivity contribution is -0.161. The molecular weight excluding hydrogens is 328 g/mol. The largest absolute Gasteiger partial charge is 0.388 e. The van der Waals surface area contributed by atoms with Crippen molar-refractivity contribution in [3.63, 3.8) is 0 Å². The molecule has 4 nitrogen and oxygen atoms in total. The van der Waals surface area contributed by atoms with Gasteiger partial charge >= 0.3 is 0 Å². The molecule has 4 rings (SSSR count). The highest BCUT2D eigenvalue weighted by Crippen LogP contribution is 2.66. The highest BCUT2D eigenvalue weighted by molar-refractivity contribution is 6.01. The molecule has 2 saturated carbocycles. The average Bonchev–Trinajstić information content (AvgIpc) is 2.83. The second-order valence-corrected chi connectivity index (χ2v) is 9.12. The van der Waals surface area contributed by atoms with Crippen LogP contribution in [0.4, 0.5) is 0 Å². The maximum Gasteiger partial charge on any atom is 0.190 e. The van der Waals surface area contributed by atoms with E-state index >= 15 is 0 Å². The number of carbonyl (C=O) groups excluding carboxylic acids is 2. The molecule has 140 valence electrons. The van der Waals surface area contributed by atoms with Gasteiger partial charge in [-0.3, -0.25) is 9.59 Å². The van der Waals surface area contributed by atoms with Crippen LogP contribution in [-0.4, -0.2) is 34.0 Å². The van der Waals surface area contributed by atoms with Gasteiger partial charge in [0.15, 0.2) is 11.6 Å². The van der Waals surface area contributed by atoms with E-state index in [4.69, 9.17) is 0 Å². The van der Waals surface area contributed by atoms with E-state index in [9.17, 15) is 19.8 Å². The summed E-state index contributed by atoms with van der Waals surface area (Å²) < 4.78 is 0. The SMILES string of the molecule is C[C@@H]1CC2C3CCC4=CC(=O)C=C[C@]4(C)C3=CCC2(C)[C@@]1(O)C(=O)CO. The van der Waals surface area contributed by atoms with Gasteiger partial charge < -0.3 is 10.2 Å². The molecule has 2 N–H and O–H groups in total. The van der Waals surface area contributed by atoms with Crippen LogP contribution in [0.25, 0.3) is 0 Å². The summed E-state index contributed by atoms with van der Waals surface area (Å²) >= 11 is 0. The number of aliphatic hydroxyl groups is 2. The highest BCUT2D eigenvalue weighted by atomic mass is 16.3. The molecule has 4 aliphatic carbocycles. The third kappa shape index (κ3) is 1.97. The van der Waals surface area contributed by atoms with E-state index in [0.717, 1.165) is 19.3 Å². The summed E-state index contributed by atoms with van der Waals surface area (Å²) in [5.41, 5.74) is 0.289. The number of rotatable bonds is 2. The first kappa shape index (κ1) is 17.9. The minimum atomic E-state index is -1.47. The Hall–Kier alpha value is -1.52. The summed E-state index contributed by atoms with van der Waals surface area (Å²) in [7, 11) is 0. The molecule has 4 aliphatic rings. The van der Waals surface area contributed by atoms with Crippen molar-refractivity contribution >= 4 is 11.6 Å². The van der Waals surface area contributed by atoms with Gasteiger partial charge in [0, 0.05) is 10.8 Å². The lowest BCUT2D eigenvalue weighted by Gasteiger charge is -2.53. The number of ketones is 2. The topological polar surface area (TPSA) is 74.6 Å². The van der Waals surface area contributed by atoms with Crippen molar-refractivity contribution in [3.8, 4) is 0 Å². The Labute approximate surface area is 154 Å². The van der Waals surface area contributed by atoms with Crippen LogP contribution in [0.15, 0.2) is 35.5 Å². The third-order valence-corrected chi connectivity index (χ3v) is 8.10.